The number of anilines is 1. The Morgan fingerprint density at radius 3 is 3.00 bits per heavy atom. The van der Waals surface area contributed by atoms with Crippen LogP contribution in [0.3, 0.4) is 0 Å². The van der Waals surface area contributed by atoms with Crippen molar-refractivity contribution in [1.82, 2.24) is 9.97 Å². The number of carbonyl (C=O) groups is 1. The molecule has 0 aromatic carbocycles. The maximum absolute atomic E-state index is 11.1. The largest absolute Gasteiger partial charge is 0.481 e. The summed E-state index contributed by atoms with van der Waals surface area (Å²) in [5.41, 5.74) is 1.21. The average molecular weight is 305 g/mol. The Hall–Kier alpha value is -1.69. The summed E-state index contributed by atoms with van der Waals surface area (Å²) < 4.78 is 0. The highest BCUT2D eigenvalue weighted by Gasteiger charge is 2.28. The minimum Gasteiger partial charge on any atom is -0.481 e. The lowest BCUT2D eigenvalue weighted by atomic mass is 9.99. The van der Waals surface area contributed by atoms with Gasteiger partial charge in [-0.2, -0.15) is 0 Å². The molecule has 5 nitrogen and oxygen atoms in total. The Balaban J connectivity index is 2.07. The van der Waals surface area contributed by atoms with Crippen molar-refractivity contribution in [2.75, 3.05) is 11.4 Å². The zero-order valence-corrected chi connectivity index (χ0v) is 13.1. The second-order valence-corrected chi connectivity index (χ2v) is 6.80. The maximum atomic E-state index is 11.1. The molecule has 2 aromatic rings. The number of carboxylic acids is 1. The molecule has 1 saturated heterocycles. The third-order valence-corrected chi connectivity index (χ3v) is 5.37. The molecule has 6 heteroatoms. The van der Waals surface area contributed by atoms with E-state index in [2.05, 4.69) is 28.7 Å². The minimum absolute atomic E-state index is 0.0361. The van der Waals surface area contributed by atoms with Crippen LogP contribution in [0.5, 0.6) is 0 Å². The lowest BCUT2D eigenvalue weighted by Crippen LogP contribution is -2.41. The molecule has 1 unspecified atom stereocenters. The zero-order valence-electron chi connectivity index (χ0n) is 12.3. The molecule has 21 heavy (non-hydrogen) atoms. The second-order valence-electron chi connectivity index (χ2n) is 5.60. The summed E-state index contributed by atoms with van der Waals surface area (Å²) in [6.45, 7) is 5.06. The van der Waals surface area contributed by atoms with E-state index in [1.54, 1.807) is 17.7 Å². The zero-order chi connectivity index (χ0) is 15.0. The van der Waals surface area contributed by atoms with Crippen LogP contribution >= 0.6 is 11.3 Å². The van der Waals surface area contributed by atoms with Crippen molar-refractivity contribution in [3.63, 3.8) is 0 Å². The highest BCUT2D eigenvalue weighted by Crippen LogP contribution is 2.36. The highest BCUT2D eigenvalue weighted by atomic mass is 32.1. The summed E-state index contributed by atoms with van der Waals surface area (Å²) in [7, 11) is 0. The number of piperidine rings is 1. The smallest absolute Gasteiger partial charge is 0.305 e. The van der Waals surface area contributed by atoms with Crippen LogP contribution in [0.15, 0.2) is 6.33 Å². The van der Waals surface area contributed by atoms with E-state index < -0.39 is 5.97 Å². The molecule has 0 saturated carbocycles. The number of aryl methyl sites for hydroxylation is 2. The number of fused-ring (bicyclic) bond motifs is 1. The van der Waals surface area contributed by atoms with Gasteiger partial charge in [-0.15, -0.1) is 11.3 Å². The first-order chi connectivity index (χ1) is 10.1. The number of aliphatic carboxylic acids is 1. The van der Waals surface area contributed by atoms with Crippen LogP contribution < -0.4 is 4.90 Å². The van der Waals surface area contributed by atoms with Crippen molar-refractivity contribution in [1.29, 1.82) is 0 Å². The van der Waals surface area contributed by atoms with E-state index in [-0.39, 0.29) is 12.5 Å². The van der Waals surface area contributed by atoms with Gasteiger partial charge in [-0.05, 0) is 38.7 Å². The van der Waals surface area contributed by atoms with Gasteiger partial charge in [0.15, 0.2) is 0 Å². The second kappa shape index (κ2) is 5.60. The van der Waals surface area contributed by atoms with Crippen molar-refractivity contribution in [2.24, 2.45) is 0 Å². The van der Waals surface area contributed by atoms with Gasteiger partial charge in [0.2, 0.25) is 0 Å². The van der Waals surface area contributed by atoms with Gasteiger partial charge in [-0.1, -0.05) is 0 Å². The normalized spacial score (nSPS) is 19.1. The number of hydrogen-bond donors (Lipinski definition) is 1. The standard InChI is InChI=1S/C15H19N3O2S/c1-9-10(2)21-15-13(9)14(16-8-17-15)18-6-4-3-5-11(18)7-12(19)20/h8,11H,3-7H2,1-2H3,(H,19,20). The first-order valence-electron chi connectivity index (χ1n) is 7.27. The van der Waals surface area contributed by atoms with Crippen LogP contribution in [-0.4, -0.2) is 33.6 Å². The third-order valence-electron chi connectivity index (χ3n) is 4.25. The van der Waals surface area contributed by atoms with Crippen LogP contribution in [0.2, 0.25) is 0 Å². The fourth-order valence-corrected chi connectivity index (χ4v) is 4.07. The van der Waals surface area contributed by atoms with Crippen LogP contribution in [0.25, 0.3) is 10.2 Å². The topological polar surface area (TPSA) is 66.3 Å². The SMILES string of the molecule is Cc1sc2ncnc(N3CCCCC3CC(=O)O)c2c1C. The lowest BCUT2D eigenvalue weighted by Gasteiger charge is -2.36. The monoisotopic (exact) mass is 305 g/mol. The molecular formula is C15H19N3O2S. The van der Waals surface area contributed by atoms with Crippen molar-refractivity contribution in [3.8, 4) is 0 Å². The summed E-state index contributed by atoms with van der Waals surface area (Å²) in [5.74, 6) is 0.170. The van der Waals surface area contributed by atoms with E-state index in [1.807, 2.05) is 0 Å². The van der Waals surface area contributed by atoms with Crippen molar-refractivity contribution >= 4 is 33.3 Å². The van der Waals surface area contributed by atoms with E-state index in [9.17, 15) is 4.79 Å². The predicted molar refractivity (Wildman–Crippen MR) is 84.1 cm³/mol. The van der Waals surface area contributed by atoms with E-state index in [0.717, 1.165) is 41.8 Å². The van der Waals surface area contributed by atoms with E-state index >= 15 is 0 Å². The average Bonchev–Trinajstić information content (AvgIpc) is 2.74. The minimum atomic E-state index is -0.740. The maximum Gasteiger partial charge on any atom is 0.305 e. The molecule has 0 spiro atoms. The molecule has 0 radical (unpaired) electrons. The summed E-state index contributed by atoms with van der Waals surface area (Å²) >= 11 is 1.68. The predicted octanol–water partition coefficient (Wildman–Crippen LogP) is 3.14. The quantitative estimate of drug-likeness (QED) is 0.943. The van der Waals surface area contributed by atoms with Crippen molar-refractivity contribution in [3.05, 3.63) is 16.8 Å². The van der Waals surface area contributed by atoms with Gasteiger partial charge >= 0.3 is 5.97 Å². The Bertz CT molecular complexity index is 683. The first kappa shape index (κ1) is 14.3. The number of nitrogens with zero attached hydrogens (tertiary/aromatic N) is 3. The van der Waals surface area contributed by atoms with Gasteiger partial charge in [0.1, 0.15) is 17.0 Å². The molecule has 3 heterocycles. The molecule has 112 valence electrons. The van der Waals surface area contributed by atoms with Gasteiger partial charge in [0, 0.05) is 17.5 Å². The molecule has 1 aliphatic rings. The number of carboxylic acid groups (broad SMARTS) is 1. The lowest BCUT2D eigenvalue weighted by molar-refractivity contribution is -0.137. The molecule has 0 bridgehead atoms. The number of thiophene rings is 1. The number of rotatable bonds is 3. The highest BCUT2D eigenvalue weighted by molar-refractivity contribution is 7.18. The summed E-state index contributed by atoms with van der Waals surface area (Å²) in [5, 5.41) is 10.2. The van der Waals surface area contributed by atoms with Crippen LogP contribution in [0.1, 0.15) is 36.1 Å². The molecule has 1 aliphatic heterocycles. The summed E-state index contributed by atoms with van der Waals surface area (Å²) in [6.07, 6.45) is 4.86. The fourth-order valence-electron chi connectivity index (χ4n) is 3.07. The van der Waals surface area contributed by atoms with Crippen molar-refractivity contribution < 1.29 is 9.90 Å². The van der Waals surface area contributed by atoms with Crippen LogP contribution in [-0.2, 0) is 4.79 Å². The summed E-state index contributed by atoms with van der Waals surface area (Å²) in [4.78, 5) is 24.4. The van der Waals surface area contributed by atoms with E-state index in [1.165, 1.54) is 10.4 Å². The van der Waals surface area contributed by atoms with E-state index in [4.69, 9.17) is 5.11 Å². The molecule has 1 N–H and O–H groups in total. The molecule has 2 aromatic heterocycles. The van der Waals surface area contributed by atoms with Crippen molar-refractivity contribution in [2.45, 2.75) is 45.6 Å². The van der Waals surface area contributed by atoms with Crippen LogP contribution in [0.4, 0.5) is 5.82 Å². The summed E-state index contributed by atoms with van der Waals surface area (Å²) in [6, 6.07) is 0.0361. The number of hydrogen-bond acceptors (Lipinski definition) is 5. The van der Waals surface area contributed by atoms with Gasteiger partial charge in [0.05, 0.1) is 11.8 Å². The number of aromatic nitrogens is 2. The Morgan fingerprint density at radius 1 is 1.43 bits per heavy atom. The first-order valence-corrected chi connectivity index (χ1v) is 8.08. The molecule has 0 aliphatic carbocycles. The van der Waals surface area contributed by atoms with Gasteiger partial charge in [0.25, 0.3) is 0 Å². The van der Waals surface area contributed by atoms with E-state index in [0.29, 0.717) is 0 Å². The fraction of sp³-hybridized carbons (Fsp3) is 0.533. The third kappa shape index (κ3) is 2.60. The van der Waals surface area contributed by atoms with Gasteiger partial charge in [-0.25, -0.2) is 9.97 Å². The Kier molecular flexibility index (Phi) is 3.80. The van der Waals surface area contributed by atoms with Gasteiger partial charge < -0.3 is 10.0 Å². The molecular weight excluding hydrogens is 286 g/mol. The molecule has 0 amide bonds. The molecule has 3 rings (SSSR count). The Labute approximate surface area is 127 Å². The van der Waals surface area contributed by atoms with Crippen LogP contribution in [0, 0.1) is 13.8 Å². The molecule has 1 fully saturated rings. The van der Waals surface area contributed by atoms with Gasteiger partial charge in [-0.3, -0.25) is 4.79 Å². The Morgan fingerprint density at radius 2 is 2.24 bits per heavy atom. The molecule has 1 atom stereocenters.